The summed E-state index contributed by atoms with van der Waals surface area (Å²) >= 11 is 1.10. The zero-order valence-electron chi connectivity index (χ0n) is 12.0. The fourth-order valence-electron chi connectivity index (χ4n) is 1.55. The largest absolute Gasteiger partial charge is 0.396 e. The average Bonchev–Trinajstić information content (AvgIpc) is 2.33. The first-order valence-corrected chi connectivity index (χ1v) is 8.60. The minimum Gasteiger partial charge on any atom is -0.396 e. The van der Waals surface area contributed by atoms with Crippen molar-refractivity contribution >= 4 is 27.5 Å². The van der Waals surface area contributed by atoms with Crippen LogP contribution in [0.15, 0.2) is 28.0 Å². The summed E-state index contributed by atoms with van der Waals surface area (Å²) in [5, 5.41) is 19.8. The summed E-state index contributed by atoms with van der Waals surface area (Å²) in [7, 11) is -3.82. The molecule has 1 aromatic carbocycles. The number of sulfonamides is 1. The number of hydrogen-bond acceptors (Lipinski definition) is 6. The standard InChI is InChI=1S/C12H18N2O5S2/c1-12(2,3)13-21(18,19)9-4-5-11(20-7-6-15)10(8-9)14(16)17/h4-5,8,13,15H,6-7H2,1-3H3. The Morgan fingerprint density at radius 1 is 1.38 bits per heavy atom. The van der Waals surface area contributed by atoms with Crippen molar-refractivity contribution in [1.82, 2.24) is 4.72 Å². The van der Waals surface area contributed by atoms with Crippen LogP contribution in [0.3, 0.4) is 0 Å². The highest BCUT2D eigenvalue weighted by molar-refractivity contribution is 7.99. The van der Waals surface area contributed by atoms with Crippen LogP contribution >= 0.6 is 11.8 Å². The van der Waals surface area contributed by atoms with Gasteiger partial charge in [-0.05, 0) is 32.9 Å². The van der Waals surface area contributed by atoms with Crippen LogP contribution in [0.4, 0.5) is 5.69 Å². The van der Waals surface area contributed by atoms with Gasteiger partial charge in [0.1, 0.15) is 0 Å². The summed E-state index contributed by atoms with van der Waals surface area (Å²) < 4.78 is 26.8. The highest BCUT2D eigenvalue weighted by Crippen LogP contribution is 2.31. The topological polar surface area (TPSA) is 110 Å². The fourth-order valence-corrected chi connectivity index (χ4v) is 3.74. The minimum atomic E-state index is -3.82. The lowest BCUT2D eigenvalue weighted by molar-refractivity contribution is -0.388. The number of aliphatic hydroxyl groups excluding tert-OH is 1. The van der Waals surface area contributed by atoms with Crippen LogP contribution in [-0.2, 0) is 10.0 Å². The molecule has 0 atom stereocenters. The van der Waals surface area contributed by atoms with Gasteiger partial charge in [0.2, 0.25) is 10.0 Å². The molecule has 0 aromatic heterocycles. The molecule has 0 amide bonds. The normalized spacial score (nSPS) is 12.4. The molecule has 0 bridgehead atoms. The second kappa shape index (κ2) is 6.73. The van der Waals surface area contributed by atoms with E-state index in [-0.39, 0.29) is 17.2 Å². The predicted octanol–water partition coefficient (Wildman–Crippen LogP) is 1.76. The molecule has 118 valence electrons. The Morgan fingerprint density at radius 3 is 2.48 bits per heavy atom. The highest BCUT2D eigenvalue weighted by Gasteiger charge is 2.25. The van der Waals surface area contributed by atoms with Crippen LogP contribution in [0.5, 0.6) is 0 Å². The summed E-state index contributed by atoms with van der Waals surface area (Å²) in [6.07, 6.45) is 0. The van der Waals surface area contributed by atoms with E-state index in [1.54, 1.807) is 20.8 Å². The zero-order valence-corrected chi connectivity index (χ0v) is 13.6. The molecule has 0 heterocycles. The van der Waals surface area contributed by atoms with Crippen molar-refractivity contribution < 1.29 is 18.4 Å². The maximum atomic E-state index is 12.2. The molecule has 9 heteroatoms. The van der Waals surface area contributed by atoms with E-state index >= 15 is 0 Å². The van der Waals surface area contributed by atoms with E-state index in [1.165, 1.54) is 12.1 Å². The smallest absolute Gasteiger partial charge is 0.284 e. The molecule has 0 unspecified atom stereocenters. The van der Waals surface area contributed by atoms with Crippen molar-refractivity contribution in [2.45, 2.75) is 36.1 Å². The second-order valence-electron chi connectivity index (χ2n) is 5.31. The molecule has 7 nitrogen and oxygen atoms in total. The van der Waals surface area contributed by atoms with E-state index < -0.39 is 20.5 Å². The van der Waals surface area contributed by atoms with Crippen LogP contribution in [-0.4, -0.2) is 36.3 Å². The van der Waals surface area contributed by atoms with E-state index in [0.717, 1.165) is 17.8 Å². The molecule has 0 aliphatic carbocycles. The van der Waals surface area contributed by atoms with Gasteiger partial charge in [0.15, 0.2) is 0 Å². The van der Waals surface area contributed by atoms with Crippen LogP contribution in [0.2, 0.25) is 0 Å². The Kier molecular flexibility index (Phi) is 5.74. The molecule has 0 saturated carbocycles. The fraction of sp³-hybridized carbons (Fsp3) is 0.500. The molecule has 0 aliphatic heterocycles. The van der Waals surface area contributed by atoms with Gasteiger partial charge < -0.3 is 5.11 Å². The summed E-state index contributed by atoms with van der Waals surface area (Å²) in [5.41, 5.74) is -0.969. The van der Waals surface area contributed by atoms with Gasteiger partial charge in [-0.3, -0.25) is 10.1 Å². The summed E-state index contributed by atoms with van der Waals surface area (Å²) in [6.45, 7) is 4.94. The average molecular weight is 334 g/mol. The Bertz CT molecular complexity index is 623. The predicted molar refractivity (Wildman–Crippen MR) is 81.0 cm³/mol. The van der Waals surface area contributed by atoms with Gasteiger partial charge in [0.05, 0.1) is 21.3 Å². The van der Waals surface area contributed by atoms with Crippen molar-refractivity contribution in [3.8, 4) is 0 Å². The van der Waals surface area contributed by atoms with Crippen LogP contribution in [0.1, 0.15) is 20.8 Å². The minimum absolute atomic E-state index is 0.118. The van der Waals surface area contributed by atoms with Crippen molar-refractivity contribution in [2.75, 3.05) is 12.4 Å². The highest BCUT2D eigenvalue weighted by atomic mass is 32.2. The number of aliphatic hydroxyl groups is 1. The molecule has 0 saturated heterocycles. The summed E-state index contributed by atoms with van der Waals surface area (Å²) in [6, 6.07) is 3.74. The number of nitro groups is 1. The van der Waals surface area contributed by atoms with Crippen molar-refractivity contribution in [2.24, 2.45) is 0 Å². The van der Waals surface area contributed by atoms with Crippen LogP contribution in [0, 0.1) is 10.1 Å². The summed E-state index contributed by atoms with van der Waals surface area (Å²) in [4.78, 5) is 10.6. The molecule has 2 N–H and O–H groups in total. The van der Waals surface area contributed by atoms with Crippen molar-refractivity contribution in [3.05, 3.63) is 28.3 Å². The number of nitrogens with zero attached hydrogens (tertiary/aromatic N) is 1. The molecular formula is C12H18N2O5S2. The number of benzene rings is 1. The molecule has 0 aliphatic rings. The van der Waals surface area contributed by atoms with Gasteiger partial charge in [0.25, 0.3) is 5.69 Å². The molecule has 0 fully saturated rings. The third kappa shape index (κ3) is 5.27. The number of nitro benzene ring substituents is 1. The molecular weight excluding hydrogens is 316 g/mol. The van der Waals surface area contributed by atoms with Gasteiger partial charge in [-0.25, -0.2) is 13.1 Å². The number of nitrogens with one attached hydrogen (secondary N) is 1. The third-order valence-corrected chi connectivity index (χ3v) is 5.03. The van der Waals surface area contributed by atoms with Gasteiger partial charge in [-0.1, -0.05) is 0 Å². The van der Waals surface area contributed by atoms with Crippen molar-refractivity contribution in [1.29, 1.82) is 0 Å². The first-order valence-electron chi connectivity index (χ1n) is 6.13. The van der Waals surface area contributed by atoms with E-state index in [1.807, 2.05) is 0 Å². The lowest BCUT2D eigenvalue weighted by Gasteiger charge is -2.20. The molecule has 1 aromatic rings. The van der Waals surface area contributed by atoms with Gasteiger partial charge in [-0.2, -0.15) is 0 Å². The van der Waals surface area contributed by atoms with E-state index in [2.05, 4.69) is 4.72 Å². The number of thioether (sulfide) groups is 1. The second-order valence-corrected chi connectivity index (χ2v) is 8.13. The lowest BCUT2D eigenvalue weighted by Crippen LogP contribution is -2.40. The van der Waals surface area contributed by atoms with E-state index in [0.29, 0.717) is 10.6 Å². The van der Waals surface area contributed by atoms with E-state index in [4.69, 9.17) is 5.11 Å². The number of rotatable bonds is 6. The first-order chi connectivity index (χ1) is 9.57. The van der Waals surface area contributed by atoms with Gasteiger partial charge in [0, 0.05) is 17.4 Å². The Labute approximate surface area is 128 Å². The Balaban J connectivity index is 3.22. The molecule has 21 heavy (non-hydrogen) atoms. The Morgan fingerprint density at radius 2 is 2.00 bits per heavy atom. The monoisotopic (exact) mass is 334 g/mol. The third-order valence-electron chi connectivity index (χ3n) is 2.23. The number of hydrogen-bond donors (Lipinski definition) is 2. The quantitative estimate of drug-likeness (QED) is 0.466. The summed E-state index contributed by atoms with van der Waals surface area (Å²) in [5.74, 6) is 0.299. The zero-order chi connectivity index (χ0) is 16.3. The maximum absolute atomic E-state index is 12.2. The van der Waals surface area contributed by atoms with Gasteiger partial charge >= 0.3 is 0 Å². The molecule has 0 radical (unpaired) electrons. The Hall–Kier alpha value is -1.16. The first kappa shape index (κ1) is 17.9. The van der Waals surface area contributed by atoms with Crippen LogP contribution < -0.4 is 4.72 Å². The van der Waals surface area contributed by atoms with Crippen LogP contribution in [0.25, 0.3) is 0 Å². The van der Waals surface area contributed by atoms with Gasteiger partial charge in [-0.15, -0.1) is 11.8 Å². The SMILES string of the molecule is CC(C)(C)NS(=O)(=O)c1ccc(SCCO)c([N+](=O)[O-])c1. The van der Waals surface area contributed by atoms with E-state index in [9.17, 15) is 18.5 Å². The molecule has 1 rings (SSSR count). The molecule has 0 spiro atoms. The lowest BCUT2D eigenvalue weighted by atomic mass is 10.1. The van der Waals surface area contributed by atoms with Crippen molar-refractivity contribution in [3.63, 3.8) is 0 Å². The maximum Gasteiger partial charge on any atom is 0.284 e.